The molecule has 1 aliphatic heterocycles. The molecule has 2 aromatic carbocycles. The number of aromatic nitrogens is 4. The van der Waals surface area contributed by atoms with Gasteiger partial charge in [-0.1, -0.05) is 54.6 Å². The fourth-order valence-corrected chi connectivity index (χ4v) is 6.68. The molecule has 0 bridgehead atoms. The third-order valence-electron chi connectivity index (χ3n) is 8.25. The molecule has 186 valence electrons. The number of benzene rings is 2. The highest BCUT2D eigenvalue weighted by Gasteiger charge is 2.36. The van der Waals surface area contributed by atoms with Crippen molar-refractivity contribution in [1.29, 1.82) is 0 Å². The molecule has 0 amide bonds. The molecule has 5 aromatic rings. The lowest BCUT2D eigenvalue weighted by Crippen LogP contribution is -2.43. The molecule has 3 aromatic heterocycles. The van der Waals surface area contributed by atoms with Gasteiger partial charge < -0.3 is 11.1 Å². The van der Waals surface area contributed by atoms with E-state index in [0.717, 1.165) is 58.2 Å². The minimum absolute atomic E-state index is 0.0614. The summed E-state index contributed by atoms with van der Waals surface area (Å²) in [7, 11) is 0. The summed E-state index contributed by atoms with van der Waals surface area (Å²) in [5.74, 6) is 1.91. The summed E-state index contributed by atoms with van der Waals surface area (Å²) in [6.07, 6.45) is 13.8. The number of nitrogens with one attached hydrogen (secondary N) is 1. The van der Waals surface area contributed by atoms with Crippen LogP contribution < -0.4 is 11.1 Å². The van der Waals surface area contributed by atoms with Crippen LogP contribution in [0.2, 0.25) is 0 Å². The molecule has 1 saturated carbocycles. The van der Waals surface area contributed by atoms with Crippen molar-refractivity contribution in [3.63, 3.8) is 0 Å². The third-order valence-corrected chi connectivity index (χ3v) is 9.06. The lowest BCUT2D eigenvalue weighted by Gasteiger charge is -2.38. The van der Waals surface area contributed by atoms with Crippen LogP contribution in [-0.4, -0.2) is 25.6 Å². The van der Waals surface area contributed by atoms with Crippen LogP contribution in [0.3, 0.4) is 0 Å². The molecule has 1 fully saturated rings. The van der Waals surface area contributed by atoms with E-state index in [1.54, 1.807) is 11.3 Å². The van der Waals surface area contributed by atoms with E-state index in [2.05, 4.69) is 87.7 Å². The summed E-state index contributed by atoms with van der Waals surface area (Å²) >= 11 is 1.66. The maximum Gasteiger partial charge on any atom is 0.150 e. The van der Waals surface area contributed by atoms with Crippen LogP contribution in [0, 0.1) is 0 Å². The van der Waals surface area contributed by atoms with Crippen LogP contribution in [0.4, 0.5) is 5.82 Å². The monoisotopic (exact) mass is 514 g/mol. The first-order valence-electron chi connectivity index (χ1n) is 13.1. The van der Waals surface area contributed by atoms with Gasteiger partial charge in [0.1, 0.15) is 5.82 Å². The number of nitrogens with two attached hydrogens (primary N) is 1. The molecule has 6 nitrogen and oxygen atoms in total. The fourth-order valence-electron chi connectivity index (χ4n) is 6.02. The Labute approximate surface area is 224 Å². The zero-order chi connectivity index (χ0) is 25.3. The predicted octanol–water partition coefficient (Wildman–Crippen LogP) is 6.55. The topological polar surface area (TPSA) is 81.7 Å². The normalized spacial score (nSPS) is 20.7. The second-order valence-corrected chi connectivity index (χ2v) is 11.3. The zero-order valence-electron chi connectivity index (χ0n) is 20.7. The lowest BCUT2D eigenvalue weighted by atomic mass is 9.72. The number of nitrogens with zero attached hydrogens (tertiary/aromatic N) is 4. The van der Waals surface area contributed by atoms with E-state index >= 15 is 0 Å². The van der Waals surface area contributed by atoms with Crippen molar-refractivity contribution in [2.45, 2.75) is 36.8 Å². The van der Waals surface area contributed by atoms with Crippen molar-refractivity contribution in [3.8, 4) is 28.2 Å². The van der Waals surface area contributed by atoms with Gasteiger partial charge in [-0.2, -0.15) is 0 Å². The molecule has 2 atom stereocenters. The molecule has 3 N–H and O–H groups in total. The molecule has 8 rings (SSSR count). The second-order valence-electron chi connectivity index (χ2n) is 10.5. The van der Waals surface area contributed by atoms with Crippen LogP contribution in [0.1, 0.15) is 36.6 Å². The first-order chi connectivity index (χ1) is 18.7. The maximum absolute atomic E-state index is 6.67. The maximum atomic E-state index is 6.67. The molecule has 38 heavy (non-hydrogen) atoms. The molecule has 3 aliphatic rings. The molecular formula is C31H26N6S. The Kier molecular flexibility index (Phi) is 4.75. The molecule has 0 radical (unpaired) electrons. The number of imidazole rings is 1. The van der Waals surface area contributed by atoms with Gasteiger partial charge in [-0.25, -0.2) is 15.0 Å². The molecular weight excluding hydrogens is 488 g/mol. The predicted molar refractivity (Wildman–Crippen MR) is 154 cm³/mol. The van der Waals surface area contributed by atoms with Gasteiger partial charge in [0.05, 0.1) is 44.8 Å². The Morgan fingerprint density at radius 2 is 1.82 bits per heavy atom. The number of hydrogen-bond donors (Lipinski definition) is 2. The van der Waals surface area contributed by atoms with Crippen molar-refractivity contribution in [1.82, 2.24) is 19.5 Å². The van der Waals surface area contributed by atoms with E-state index in [-0.39, 0.29) is 17.5 Å². The zero-order valence-corrected chi connectivity index (χ0v) is 21.5. The summed E-state index contributed by atoms with van der Waals surface area (Å²) in [4.78, 5) is 14.7. The molecule has 0 saturated heterocycles. The number of anilines is 1. The first-order valence-corrected chi connectivity index (χ1v) is 14.0. The fraction of sp³-hybridized carbons (Fsp3) is 0.194. The summed E-state index contributed by atoms with van der Waals surface area (Å²) in [6, 6.07) is 19.5. The van der Waals surface area contributed by atoms with Gasteiger partial charge in [-0.05, 0) is 49.1 Å². The van der Waals surface area contributed by atoms with E-state index < -0.39 is 0 Å². The quantitative estimate of drug-likeness (QED) is 0.285. The lowest BCUT2D eigenvalue weighted by molar-refractivity contribution is 0.253. The van der Waals surface area contributed by atoms with E-state index in [1.165, 1.54) is 16.7 Å². The van der Waals surface area contributed by atoms with Crippen molar-refractivity contribution >= 4 is 27.4 Å². The number of rotatable bonds is 3. The minimum atomic E-state index is -0.196. The van der Waals surface area contributed by atoms with Crippen LogP contribution in [0.15, 0.2) is 90.6 Å². The van der Waals surface area contributed by atoms with E-state index in [4.69, 9.17) is 15.7 Å². The molecule has 2 unspecified atom stereocenters. The van der Waals surface area contributed by atoms with Crippen molar-refractivity contribution in [3.05, 3.63) is 102 Å². The SMILES string of the molecule is NC1(c2ccc(-c3c(-c4ccc5scnc5c4)nc4n3-c3cccnc3NC3C=CC=CC43)cc2)CCC1. The number of fused-ring (bicyclic) bond motifs is 6. The summed E-state index contributed by atoms with van der Waals surface area (Å²) in [5.41, 5.74) is 15.7. The first kappa shape index (κ1) is 22.0. The molecule has 0 spiro atoms. The van der Waals surface area contributed by atoms with Crippen molar-refractivity contribution < 1.29 is 0 Å². The largest absolute Gasteiger partial charge is 0.361 e. The Morgan fingerprint density at radius 3 is 2.66 bits per heavy atom. The van der Waals surface area contributed by atoms with E-state index in [1.807, 2.05) is 17.8 Å². The van der Waals surface area contributed by atoms with Gasteiger partial charge in [0.15, 0.2) is 5.82 Å². The Bertz CT molecular complexity index is 1760. The Morgan fingerprint density at radius 1 is 0.974 bits per heavy atom. The highest BCUT2D eigenvalue weighted by molar-refractivity contribution is 7.16. The van der Waals surface area contributed by atoms with Gasteiger partial charge in [0.2, 0.25) is 0 Å². The average Bonchev–Trinajstić information content (AvgIpc) is 3.54. The molecule has 7 heteroatoms. The van der Waals surface area contributed by atoms with Gasteiger partial charge in [-0.3, -0.25) is 4.57 Å². The number of pyridine rings is 1. The van der Waals surface area contributed by atoms with Gasteiger partial charge in [-0.15, -0.1) is 11.3 Å². The summed E-state index contributed by atoms with van der Waals surface area (Å²) in [6.45, 7) is 0. The third kappa shape index (κ3) is 3.25. The smallest absolute Gasteiger partial charge is 0.150 e. The Hall–Kier alpha value is -4.07. The highest BCUT2D eigenvalue weighted by atomic mass is 32.1. The van der Waals surface area contributed by atoms with Crippen molar-refractivity contribution in [2.75, 3.05) is 5.32 Å². The van der Waals surface area contributed by atoms with Crippen molar-refractivity contribution in [2.24, 2.45) is 5.73 Å². The summed E-state index contributed by atoms with van der Waals surface area (Å²) in [5, 5.41) is 3.66. The van der Waals surface area contributed by atoms with Crippen LogP contribution in [0.5, 0.6) is 0 Å². The van der Waals surface area contributed by atoms with Crippen LogP contribution in [0.25, 0.3) is 38.4 Å². The highest BCUT2D eigenvalue weighted by Crippen LogP contribution is 2.44. The molecule has 2 aliphatic carbocycles. The van der Waals surface area contributed by atoms with Gasteiger partial charge in [0.25, 0.3) is 0 Å². The number of hydrogen-bond acceptors (Lipinski definition) is 6. The van der Waals surface area contributed by atoms with E-state index in [9.17, 15) is 0 Å². The standard InChI is InChI=1S/C31H26N6S/c32-31(14-4-15-31)21-11-8-19(9-12-21)28-27(20-10-13-26-24(17-20)34-18-38-26)36-30-22-5-1-2-6-23(22)35-29-25(37(28)30)7-3-16-33-29/h1-3,5-13,16-18,22-23H,4,14-15,32H2,(H,33,35). The van der Waals surface area contributed by atoms with Crippen LogP contribution >= 0.6 is 11.3 Å². The minimum Gasteiger partial charge on any atom is -0.361 e. The van der Waals surface area contributed by atoms with Gasteiger partial charge in [0, 0.05) is 22.9 Å². The number of thiazole rings is 1. The second kappa shape index (κ2) is 8.21. The van der Waals surface area contributed by atoms with Gasteiger partial charge >= 0.3 is 0 Å². The molecule has 4 heterocycles. The number of allylic oxidation sites excluding steroid dienone is 2. The van der Waals surface area contributed by atoms with E-state index in [0.29, 0.717) is 0 Å². The average molecular weight is 515 g/mol. The Balaban J connectivity index is 1.41. The van der Waals surface area contributed by atoms with Crippen LogP contribution in [-0.2, 0) is 5.54 Å². The summed E-state index contributed by atoms with van der Waals surface area (Å²) < 4.78 is 3.48.